The highest BCUT2D eigenvalue weighted by molar-refractivity contribution is 7.92. The molecule has 1 fully saturated rings. The van der Waals surface area contributed by atoms with Gasteiger partial charge in [0.1, 0.15) is 0 Å². The molecule has 0 aliphatic carbocycles. The molecule has 1 amide bonds. The number of nitrogens with one attached hydrogen (secondary N) is 2. The van der Waals surface area contributed by atoms with Crippen LogP contribution in [-0.4, -0.2) is 45.5 Å². The van der Waals surface area contributed by atoms with Crippen molar-refractivity contribution in [2.24, 2.45) is 0 Å². The summed E-state index contributed by atoms with van der Waals surface area (Å²) in [6.07, 6.45) is 2.63. The number of hydrogen-bond donors (Lipinski definition) is 2. The van der Waals surface area contributed by atoms with Crippen LogP contribution in [0.2, 0.25) is 0 Å². The molecule has 94 valence electrons. The number of carbonyl (C=O) groups excluding carboxylic acids is 1. The summed E-state index contributed by atoms with van der Waals surface area (Å²) in [4.78, 5) is 11.4. The normalized spacial score (nSPS) is 23.2. The summed E-state index contributed by atoms with van der Waals surface area (Å²) in [7, 11) is -1.10. The van der Waals surface area contributed by atoms with Crippen LogP contribution in [0.25, 0.3) is 0 Å². The Morgan fingerprint density at radius 2 is 2.19 bits per heavy atom. The first-order valence-corrected chi connectivity index (χ1v) is 7.40. The van der Waals surface area contributed by atoms with Crippen LogP contribution >= 0.6 is 0 Å². The van der Waals surface area contributed by atoms with Crippen LogP contribution in [-0.2, 0) is 14.6 Å². The van der Waals surface area contributed by atoms with E-state index in [-0.39, 0.29) is 23.5 Å². The van der Waals surface area contributed by atoms with Crippen LogP contribution in [0, 0.1) is 0 Å². The Kier molecular flexibility index (Phi) is 5.21. The summed E-state index contributed by atoms with van der Waals surface area (Å²) in [5.41, 5.74) is 0. The Hall–Kier alpha value is -0.620. The topological polar surface area (TPSA) is 75.3 Å². The smallest absolute Gasteiger partial charge is 0.220 e. The fraction of sp³-hybridized carbons (Fsp3) is 0.900. The molecular weight excluding hydrogens is 228 g/mol. The minimum atomic E-state index is -2.93. The Morgan fingerprint density at radius 3 is 2.75 bits per heavy atom. The van der Waals surface area contributed by atoms with Crippen molar-refractivity contribution >= 4 is 15.7 Å². The number of sulfone groups is 1. The SMILES string of the molecule is CNCCCC(=O)NCC1CCCS1(=O)=O. The van der Waals surface area contributed by atoms with Crippen molar-refractivity contribution in [3.8, 4) is 0 Å². The van der Waals surface area contributed by atoms with E-state index in [9.17, 15) is 13.2 Å². The maximum Gasteiger partial charge on any atom is 0.220 e. The van der Waals surface area contributed by atoms with E-state index in [0.717, 1.165) is 19.4 Å². The second-order valence-electron chi connectivity index (χ2n) is 4.14. The minimum Gasteiger partial charge on any atom is -0.355 e. The zero-order chi connectivity index (χ0) is 12.0. The number of hydrogen-bond acceptors (Lipinski definition) is 4. The van der Waals surface area contributed by atoms with Crippen LogP contribution in [0.1, 0.15) is 25.7 Å². The third-order valence-electron chi connectivity index (χ3n) is 2.82. The number of rotatable bonds is 6. The van der Waals surface area contributed by atoms with Gasteiger partial charge in [0.25, 0.3) is 0 Å². The fourth-order valence-electron chi connectivity index (χ4n) is 1.83. The molecule has 1 saturated heterocycles. The lowest BCUT2D eigenvalue weighted by Crippen LogP contribution is -2.34. The van der Waals surface area contributed by atoms with Gasteiger partial charge in [-0.3, -0.25) is 4.79 Å². The Bertz CT molecular complexity index is 327. The van der Waals surface area contributed by atoms with Crippen molar-refractivity contribution in [3.05, 3.63) is 0 Å². The average Bonchev–Trinajstić information content (AvgIpc) is 2.55. The molecule has 0 aromatic rings. The second-order valence-corrected chi connectivity index (χ2v) is 6.54. The molecule has 5 nitrogen and oxygen atoms in total. The molecule has 0 radical (unpaired) electrons. The van der Waals surface area contributed by atoms with Gasteiger partial charge >= 0.3 is 0 Å². The van der Waals surface area contributed by atoms with E-state index in [1.54, 1.807) is 0 Å². The van der Waals surface area contributed by atoms with Crippen molar-refractivity contribution in [2.45, 2.75) is 30.9 Å². The van der Waals surface area contributed by atoms with Gasteiger partial charge in [0.05, 0.1) is 11.0 Å². The largest absolute Gasteiger partial charge is 0.355 e. The molecule has 1 heterocycles. The minimum absolute atomic E-state index is 0.0580. The summed E-state index contributed by atoms with van der Waals surface area (Å²) in [6, 6.07) is 0. The first-order chi connectivity index (χ1) is 7.56. The Balaban J connectivity index is 2.21. The van der Waals surface area contributed by atoms with Crippen molar-refractivity contribution in [1.29, 1.82) is 0 Å². The molecule has 0 spiro atoms. The van der Waals surface area contributed by atoms with Gasteiger partial charge in [-0.2, -0.15) is 0 Å². The van der Waals surface area contributed by atoms with Crippen LogP contribution in [0.5, 0.6) is 0 Å². The van der Waals surface area contributed by atoms with E-state index < -0.39 is 9.84 Å². The van der Waals surface area contributed by atoms with Crippen LogP contribution in [0.3, 0.4) is 0 Å². The quantitative estimate of drug-likeness (QED) is 0.632. The lowest BCUT2D eigenvalue weighted by molar-refractivity contribution is -0.121. The van der Waals surface area contributed by atoms with Crippen molar-refractivity contribution in [2.75, 3.05) is 25.9 Å². The number of amides is 1. The molecule has 0 aromatic heterocycles. The third kappa shape index (κ3) is 4.09. The molecule has 1 aliphatic heterocycles. The summed E-state index contributed by atoms with van der Waals surface area (Å²) >= 11 is 0. The molecule has 0 saturated carbocycles. The predicted octanol–water partition coefficient (Wildman–Crippen LogP) is -0.321. The highest BCUT2D eigenvalue weighted by Crippen LogP contribution is 2.18. The van der Waals surface area contributed by atoms with E-state index in [1.165, 1.54) is 0 Å². The molecule has 6 heteroatoms. The van der Waals surface area contributed by atoms with E-state index in [4.69, 9.17) is 0 Å². The van der Waals surface area contributed by atoms with Gasteiger partial charge in [-0.05, 0) is 32.9 Å². The average molecular weight is 248 g/mol. The van der Waals surface area contributed by atoms with Gasteiger partial charge in [0, 0.05) is 13.0 Å². The van der Waals surface area contributed by atoms with Gasteiger partial charge in [-0.15, -0.1) is 0 Å². The van der Waals surface area contributed by atoms with Crippen molar-refractivity contribution in [1.82, 2.24) is 10.6 Å². The second kappa shape index (κ2) is 6.20. The lowest BCUT2D eigenvalue weighted by atomic mass is 10.2. The Morgan fingerprint density at radius 1 is 1.44 bits per heavy atom. The molecule has 0 bridgehead atoms. The van der Waals surface area contributed by atoms with Crippen molar-refractivity contribution < 1.29 is 13.2 Å². The van der Waals surface area contributed by atoms with E-state index in [1.807, 2.05) is 7.05 Å². The van der Waals surface area contributed by atoms with E-state index in [0.29, 0.717) is 12.8 Å². The van der Waals surface area contributed by atoms with Gasteiger partial charge in [-0.1, -0.05) is 0 Å². The maximum atomic E-state index is 11.5. The van der Waals surface area contributed by atoms with Gasteiger partial charge in [-0.25, -0.2) is 8.42 Å². The summed E-state index contributed by atoms with van der Waals surface area (Å²) < 4.78 is 22.9. The van der Waals surface area contributed by atoms with Crippen LogP contribution in [0.4, 0.5) is 0 Å². The van der Waals surface area contributed by atoms with Gasteiger partial charge in [0.2, 0.25) is 5.91 Å². The Labute approximate surface area is 96.9 Å². The third-order valence-corrected chi connectivity index (χ3v) is 5.10. The molecule has 1 unspecified atom stereocenters. The van der Waals surface area contributed by atoms with Crippen LogP contribution in [0.15, 0.2) is 0 Å². The molecule has 1 aliphatic rings. The summed E-state index contributed by atoms with van der Waals surface area (Å²) in [6.45, 7) is 1.08. The lowest BCUT2D eigenvalue weighted by Gasteiger charge is -2.10. The summed E-state index contributed by atoms with van der Waals surface area (Å²) in [5.74, 6) is 0.213. The fourth-order valence-corrected chi connectivity index (χ4v) is 3.59. The maximum absolute atomic E-state index is 11.5. The molecule has 16 heavy (non-hydrogen) atoms. The monoisotopic (exact) mass is 248 g/mol. The standard InChI is InChI=1S/C10H20N2O3S/c1-11-6-2-5-10(13)12-8-9-4-3-7-16(9,14)15/h9,11H,2-8H2,1H3,(H,12,13). The number of carbonyl (C=O) groups is 1. The first kappa shape index (κ1) is 13.4. The van der Waals surface area contributed by atoms with Crippen LogP contribution < -0.4 is 10.6 Å². The van der Waals surface area contributed by atoms with E-state index >= 15 is 0 Å². The van der Waals surface area contributed by atoms with Gasteiger partial charge < -0.3 is 10.6 Å². The highest BCUT2D eigenvalue weighted by Gasteiger charge is 2.31. The first-order valence-electron chi connectivity index (χ1n) is 5.69. The zero-order valence-electron chi connectivity index (χ0n) is 9.66. The molecule has 2 N–H and O–H groups in total. The molecule has 0 aromatic carbocycles. The molecular formula is C10H20N2O3S. The van der Waals surface area contributed by atoms with Gasteiger partial charge in [0.15, 0.2) is 9.84 Å². The molecule has 1 atom stereocenters. The highest BCUT2D eigenvalue weighted by atomic mass is 32.2. The van der Waals surface area contributed by atoms with Crippen molar-refractivity contribution in [3.63, 3.8) is 0 Å². The van der Waals surface area contributed by atoms with E-state index in [2.05, 4.69) is 10.6 Å². The predicted molar refractivity (Wildman–Crippen MR) is 63.0 cm³/mol. The summed E-state index contributed by atoms with van der Waals surface area (Å²) in [5, 5.41) is 5.29. The zero-order valence-corrected chi connectivity index (χ0v) is 10.5. The molecule has 1 rings (SSSR count).